The van der Waals surface area contributed by atoms with Crippen LogP contribution in [0.25, 0.3) is 0 Å². The number of hydrogen-bond acceptors (Lipinski definition) is 6. The minimum absolute atomic E-state index is 0.0112. The maximum Gasteiger partial charge on any atom is 0.343 e. The maximum atomic E-state index is 11.3. The van der Waals surface area contributed by atoms with Crippen molar-refractivity contribution < 1.29 is 24.0 Å². The topological polar surface area (TPSA) is 108 Å². The van der Waals surface area contributed by atoms with Crippen molar-refractivity contribution in [2.24, 2.45) is 0 Å². The van der Waals surface area contributed by atoms with E-state index in [0.717, 1.165) is 0 Å². The summed E-state index contributed by atoms with van der Waals surface area (Å²) in [5.41, 5.74) is 8.64. The number of nitrogen functional groups attached to an aromatic ring is 1. The first kappa shape index (κ1) is 14.5. The molecule has 0 unspecified atom stereocenters. The van der Waals surface area contributed by atoms with E-state index in [0.29, 0.717) is 11.3 Å². The number of benzene rings is 1. The van der Waals surface area contributed by atoms with E-state index in [2.05, 4.69) is 4.84 Å². The van der Waals surface area contributed by atoms with Crippen LogP contribution in [-0.4, -0.2) is 17.8 Å². The molecule has 0 heterocycles. The van der Waals surface area contributed by atoms with Crippen LogP contribution in [0.2, 0.25) is 0 Å². The van der Waals surface area contributed by atoms with Gasteiger partial charge in [0.2, 0.25) is 5.91 Å². The highest BCUT2D eigenvalue weighted by molar-refractivity contribution is 5.91. The fourth-order valence-corrected chi connectivity index (χ4v) is 1.18. The van der Waals surface area contributed by atoms with Crippen LogP contribution in [0.15, 0.2) is 24.3 Å². The van der Waals surface area contributed by atoms with Gasteiger partial charge in [-0.1, -0.05) is 12.1 Å². The van der Waals surface area contributed by atoms with Crippen molar-refractivity contribution in [2.45, 2.75) is 20.0 Å². The van der Waals surface area contributed by atoms with Crippen LogP contribution in [0.5, 0.6) is 0 Å². The van der Waals surface area contributed by atoms with Crippen LogP contribution in [0.3, 0.4) is 0 Å². The van der Waals surface area contributed by atoms with Gasteiger partial charge in [-0.05, 0) is 17.7 Å². The molecule has 1 rings (SSSR count). The molecule has 0 aromatic heterocycles. The van der Waals surface area contributed by atoms with E-state index >= 15 is 0 Å². The van der Waals surface area contributed by atoms with Gasteiger partial charge in [0.05, 0.1) is 0 Å². The molecule has 0 aliphatic heterocycles. The zero-order valence-electron chi connectivity index (χ0n) is 10.3. The lowest BCUT2D eigenvalue weighted by molar-refractivity contribution is -0.163. The number of hydrogen-bond donors (Lipinski definition) is 2. The van der Waals surface area contributed by atoms with Crippen molar-refractivity contribution in [3.05, 3.63) is 29.8 Å². The summed E-state index contributed by atoms with van der Waals surface area (Å²) in [6.07, 6.45) is -0.581. The van der Waals surface area contributed by atoms with E-state index in [1.54, 1.807) is 24.3 Å². The van der Waals surface area contributed by atoms with Crippen molar-refractivity contribution >= 4 is 23.5 Å². The summed E-state index contributed by atoms with van der Waals surface area (Å²) in [7, 11) is 0. The van der Waals surface area contributed by atoms with E-state index in [4.69, 9.17) is 10.5 Å². The SMILES string of the molecule is CC(=O)NOC(=O)CC(=O)OCc1cccc(N)c1. The van der Waals surface area contributed by atoms with Gasteiger partial charge in [-0.2, -0.15) is 5.48 Å². The van der Waals surface area contributed by atoms with Crippen molar-refractivity contribution in [2.75, 3.05) is 5.73 Å². The highest BCUT2D eigenvalue weighted by atomic mass is 16.7. The number of anilines is 1. The molecular weight excluding hydrogens is 252 g/mol. The van der Waals surface area contributed by atoms with E-state index in [1.165, 1.54) is 6.92 Å². The molecule has 7 heteroatoms. The Morgan fingerprint density at radius 1 is 1.26 bits per heavy atom. The normalized spacial score (nSPS) is 9.53. The Bertz CT molecular complexity index is 487. The summed E-state index contributed by atoms with van der Waals surface area (Å²) in [5.74, 6) is -2.19. The lowest BCUT2D eigenvalue weighted by Gasteiger charge is -2.05. The van der Waals surface area contributed by atoms with Gasteiger partial charge in [0.25, 0.3) is 0 Å². The van der Waals surface area contributed by atoms with Gasteiger partial charge in [-0.25, -0.2) is 4.79 Å². The second kappa shape index (κ2) is 7.00. The van der Waals surface area contributed by atoms with Crippen LogP contribution in [-0.2, 0) is 30.6 Å². The van der Waals surface area contributed by atoms with Gasteiger partial charge in [0.1, 0.15) is 13.0 Å². The quantitative estimate of drug-likeness (QED) is 0.351. The Morgan fingerprint density at radius 3 is 2.63 bits per heavy atom. The molecule has 0 aliphatic rings. The highest BCUT2D eigenvalue weighted by Gasteiger charge is 2.13. The number of esters is 1. The Kier molecular flexibility index (Phi) is 5.34. The Balaban J connectivity index is 2.31. The molecule has 1 aromatic rings. The third-order valence-corrected chi connectivity index (χ3v) is 1.95. The smallest absolute Gasteiger partial charge is 0.343 e. The summed E-state index contributed by atoms with van der Waals surface area (Å²) in [6, 6.07) is 6.82. The van der Waals surface area contributed by atoms with Crippen LogP contribution in [0.4, 0.5) is 5.69 Å². The molecule has 0 saturated carbocycles. The second-order valence-electron chi connectivity index (χ2n) is 3.71. The molecule has 0 atom stereocenters. The first-order chi connectivity index (χ1) is 8.97. The highest BCUT2D eigenvalue weighted by Crippen LogP contribution is 2.08. The summed E-state index contributed by atoms with van der Waals surface area (Å²) in [5, 5.41) is 0. The van der Waals surface area contributed by atoms with Gasteiger partial charge in [0, 0.05) is 12.6 Å². The van der Waals surface area contributed by atoms with Crippen LogP contribution in [0.1, 0.15) is 18.9 Å². The van der Waals surface area contributed by atoms with Gasteiger partial charge >= 0.3 is 11.9 Å². The van der Waals surface area contributed by atoms with Gasteiger partial charge in [-0.3, -0.25) is 9.59 Å². The number of carbonyl (C=O) groups is 3. The predicted molar refractivity (Wildman–Crippen MR) is 65.2 cm³/mol. The number of ether oxygens (including phenoxy) is 1. The lowest BCUT2D eigenvalue weighted by atomic mass is 10.2. The number of carbonyl (C=O) groups excluding carboxylic acids is 3. The third-order valence-electron chi connectivity index (χ3n) is 1.95. The van der Waals surface area contributed by atoms with Crippen LogP contribution in [0, 0.1) is 0 Å². The zero-order chi connectivity index (χ0) is 14.3. The largest absolute Gasteiger partial charge is 0.460 e. The fourth-order valence-electron chi connectivity index (χ4n) is 1.18. The second-order valence-corrected chi connectivity index (χ2v) is 3.71. The molecule has 1 amide bonds. The molecule has 19 heavy (non-hydrogen) atoms. The van der Waals surface area contributed by atoms with Gasteiger partial charge in [-0.15, -0.1) is 0 Å². The molecule has 3 N–H and O–H groups in total. The molecule has 0 bridgehead atoms. The van der Waals surface area contributed by atoms with E-state index in [1.807, 2.05) is 5.48 Å². The predicted octanol–water partition coefficient (Wildman–Crippen LogP) is 0.296. The van der Waals surface area contributed by atoms with Crippen molar-refractivity contribution in [3.63, 3.8) is 0 Å². The Hall–Kier alpha value is -2.57. The summed E-state index contributed by atoms with van der Waals surface area (Å²) in [4.78, 5) is 37.1. The molecule has 102 valence electrons. The summed E-state index contributed by atoms with van der Waals surface area (Å²) in [6.45, 7) is 1.18. The van der Waals surface area contributed by atoms with E-state index in [-0.39, 0.29) is 6.61 Å². The van der Waals surface area contributed by atoms with E-state index in [9.17, 15) is 14.4 Å². The number of nitrogens with two attached hydrogens (primary N) is 1. The molecule has 7 nitrogen and oxygen atoms in total. The number of hydroxylamine groups is 1. The average molecular weight is 266 g/mol. The first-order valence-corrected chi connectivity index (χ1v) is 5.43. The summed E-state index contributed by atoms with van der Waals surface area (Å²) < 4.78 is 4.85. The third kappa shape index (κ3) is 6.06. The molecule has 1 aromatic carbocycles. The molecular formula is C12H14N2O5. The molecule has 0 aliphatic carbocycles. The molecule has 0 spiro atoms. The maximum absolute atomic E-state index is 11.3. The summed E-state index contributed by atoms with van der Waals surface area (Å²) >= 11 is 0. The number of nitrogens with one attached hydrogen (secondary N) is 1. The Morgan fingerprint density at radius 2 is 2.00 bits per heavy atom. The van der Waals surface area contributed by atoms with Crippen molar-refractivity contribution in [1.29, 1.82) is 0 Å². The Labute approximate surface area is 109 Å². The monoisotopic (exact) mass is 266 g/mol. The molecule has 0 radical (unpaired) electrons. The average Bonchev–Trinajstić information content (AvgIpc) is 2.34. The van der Waals surface area contributed by atoms with Crippen molar-refractivity contribution in [3.8, 4) is 0 Å². The van der Waals surface area contributed by atoms with E-state index < -0.39 is 24.3 Å². The fraction of sp³-hybridized carbons (Fsp3) is 0.250. The standard InChI is InChI=1S/C12H14N2O5/c1-8(15)14-19-12(17)6-11(16)18-7-9-3-2-4-10(13)5-9/h2-5H,6-7,13H2,1H3,(H,14,15). The minimum atomic E-state index is -0.896. The first-order valence-electron chi connectivity index (χ1n) is 5.43. The minimum Gasteiger partial charge on any atom is -0.460 e. The van der Waals surface area contributed by atoms with Crippen LogP contribution >= 0.6 is 0 Å². The van der Waals surface area contributed by atoms with Gasteiger partial charge < -0.3 is 15.3 Å². The molecule has 0 saturated heterocycles. The van der Waals surface area contributed by atoms with Gasteiger partial charge in [0.15, 0.2) is 0 Å². The number of amides is 1. The van der Waals surface area contributed by atoms with Crippen LogP contribution < -0.4 is 11.2 Å². The number of rotatable bonds is 4. The lowest BCUT2D eigenvalue weighted by Crippen LogP contribution is -2.26. The zero-order valence-corrected chi connectivity index (χ0v) is 10.3. The molecule has 0 fully saturated rings. The van der Waals surface area contributed by atoms with Crippen molar-refractivity contribution in [1.82, 2.24) is 5.48 Å².